The number of rotatable bonds is 3. The van der Waals surface area contributed by atoms with Crippen LogP contribution in [0.25, 0.3) is 10.4 Å². The van der Waals surface area contributed by atoms with E-state index in [-0.39, 0.29) is 0 Å². The van der Waals surface area contributed by atoms with E-state index < -0.39 is 18.3 Å². The molecule has 0 aliphatic heterocycles. The zero-order chi connectivity index (χ0) is 9.83. The molecule has 0 heterocycles. The van der Waals surface area contributed by atoms with Gasteiger partial charge in [0.2, 0.25) is 0 Å². The monoisotopic (exact) mass is 179 g/mol. The van der Waals surface area contributed by atoms with E-state index >= 15 is 0 Å². The van der Waals surface area contributed by atoms with Gasteiger partial charge in [-0.05, 0) is 31.4 Å². The van der Waals surface area contributed by atoms with Crippen LogP contribution in [0.2, 0.25) is 0 Å². The number of hydrogen-bond acceptors (Lipinski definition) is 2. The molecule has 0 aromatic carbocycles. The molecule has 0 aliphatic carbocycles. The Hall–Kier alpha value is -0.870. The number of nitrogens with zero attached hydrogens (tertiary/aromatic N) is 3. The predicted molar refractivity (Wildman–Crippen MR) is 39.8 cm³/mol. The summed E-state index contributed by atoms with van der Waals surface area (Å²) in [6.45, 7) is 4.03. The zero-order valence-electron chi connectivity index (χ0n) is 7.21. The minimum absolute atomic E-state index is 0.658. The minimum atomic E-state index is -3.46. The molecule has 0 fully saturated rings. The van der Waals surface area contributed by atoms with Crippen molar-refractivity contribution in [2.75, 3.05) is 6.61 Å². The lowest BCUT2D eigenvalue weighted by Crippen LogP contribution is -2.28. The van der Waals surface area contributed by atoms with Gasteiger partial charge in [0.25, 0.3) is 0 Å². The van der Waals surface area contributed by atoms with Crippen molar-refractivity contribution < 1.29 is 13.5 Å². The molecule has 0 bridgehead atoms. The molecule has 0 atom stereocenters. The summed E-state index contributed by atoms with van der Waals surface area (Å²) < 4.78 is 29.5. The predicted octanol–water partition coefficient (Wildman–Crippen LogP) is 2.70. The summed E-state index contributed by atoms with van der Waals surface area (Å²) in [6.07, 6.45) is 0. The maximum absolute atomic E-state index is 12.4. The molecule has 0 saturated carbocycles. The van der Waals surface area contributed by atoms with Gasteiger partial charge in [-0.3, -0.25) is 0 Å². The summed E-state index contributed by atoms with van der Waals surface area (Å²) in [5.41, 5.74) is 7.10. The number of azide groups is 1. The summed E-state index contributed by atoms with van der Waals surface area (Å²) in [5, 5.41) is 2.28. The van der Waals surface area contributed by atoms with E-state index in [1.807, 2.05) is 4.91 Å². The Kier molecular flexibility index (Phi) is 3.42. The first-order valence-corrected chi connectivity index (χ1v) is 3.35. The van der Waals surface area contributed by atoms with Crippen LogP contribution >= 0.6 is 0 Å². The van der Waals surface area contributed by atoms with E-state index in [2.05, 4.69) is 5.11 Å². The maximum atomic E-state index is 12.4. The molecule has 0 spiro atoms. The van der Waals surface area contributed by atoms with E-state index in [0.717, 1.165) is 0 Å². The average Bonchev–Trinajstić information content (AvgIpc) is 1.83. The molecule has 0 aromatic rings. The topological polar surface area (TPSA) is 58.0 Å². The number of hydrogen-bond donors (Lipinski definition) is 0. The molecule has 0 amide bonds. The van der Waals surface area contributed by atoms with Crippen molar-refractivity contribution in [3.63, 3.8) is 0 Å². The fourth-order valence-corrected chi connectivity index (χ4v) is 0.398. The van der Waals surface area contributed by atoms with Crippen molar-refractivity contribution in [3.05, 3.63) is 10.4 Å². The fraction of sp³-hybridized carbons (Fsp3) is 1.00. The van der Waals surface area contributed by atoms with E-state index in [1.54, 1.807) is 20.8 Å². The van der Waals surface area contributed by atoms with Gasteiger partial charge in [-0.1, -0.05) is 0 Å². The second-order valence-corrected chi connectivity index (χ2v) is 3.26. The smallest absolute Gasteiger partial charge is 0.348 e. The number of ether oxygens (including phenoxy) is 1. The molecular weight excluding hydrogens is 168 g/mol. The third kappa shape index (κ3) is 5.88. The maximum Gasteiger partial charge on any atom is 0.348 e. The average molecular weight is 179 g/mol. The number of alkyl halides is 2. The minimum Gasteiger partial charge on any atom is -0.369 e. The van der Waals surface area contributed by atoms with Crippen LogP contribution in [-0.2, 0) is 4.74 Å². The van der Waals surface area contributed by atoms with Gasteiger partial charge in [-0.15, -0.1) is 0 Å². The Labute approximate surface area is 69.1 Å². The Morgan fingerprint density at radius 3 is 2.25 bits per heavy atom. The van der Waals surface area contributed by atoms with Crippen LogP contribution in [0.5, 0.6) is 0 Å². The molecule has 0 unspecified atom stereocenters. The van der Waals surface area contributed by atoms with E-state index in [9.17, 15) is 8.78 Å². The second kappa shape index (κ2) is 3.69. The van der Waals surface area contributed by atoms with Crippen LogP contribution < -0.4 is 0 Å². The largest absolute Gasteiger partial charge is 0.369 e. The van der Waals surface area contributed by atoms with Crippen LogP contribution in [0, 0.1) is 0 Å². The van der Waals surface area contributed by atoms with Crippen molar-refractivity contribution in [3.8, 4) is 0 Å². The molecule has 0 radical (unpaired) electrons. The van der Waals surface area contributed by atoms with Gasteiger partial charge in [0.15, 0.2) is 0 Å². The quantitative estimate of drug-likeness (QED) is 0.284. The van der Waals surface area contributed by atoms with Gasteiger partial charge in [-0.2, -0.15) is 8.78 Å². The van der Waals surface area contributed by atoms with E-state index in [1.165, 1.54) is 0 Å². The normalized spacial score (nSPS) is 12.4. The standard InChI is InChI=1S/C6H11F2N3O/c1-5(2,3)12-4-6(7,8)10-11-9/h4H2,1-3H3. The summed E-state index contributed by atoms with van der Waals surface area (Å²) in [4.78, 5) is 2.00. The van der Waals surface area contributed by atoms with Gasteiger partial charge in [0.05, 0.1) is 5.60 Å². The van der Waals surface area contributed by atoms with Crippen LogP contribution in [0.1, 0.15) is 20.8 Å². The summed E-state index contributed by atoms with van der Waals surface area (Å²) >= 11 is 0. The molecule has 12 heavy (non-hydrogen) atoms. The summed E-state index contributed by atoms with van der Waals surface area (Å²) in [7, 11) is 0. The number of halogens is 2. The molecule has 0 aliphatic rings. The SMILES string of the molecule is CC(C)(C)OCC(F)(F)N=[N+]=[N-]. The van der Waals surface area contributed by atoms with Gasteiger partial charge >= 0.3 is 6.05 Å². The molecule has 0 N–H and O–H groups in total. The Bertz CT molecular complexity index is 193. The lowest BCUT2D eigenvalue weighted by atomic mass is 10.2. The van der Waals surface area contributed by atoms with Crippen LogP contribution in [-0.4, -0.2) is 18.3 Å². The molecule has 4 nitrogen and oxygen atoms in total. The van der Waals surface area contributed by atoms with E-state index in [4.69, 9.17) is 10.3 Å². The molecule has 0 saturated heterocycles. The molecule has 0 aromatic heterocycles. The van der Waals surface area contributed by atoms with Crippen molar-refractivity contribution in [2.24, 2.45) is 5.11 Å². The first-order valence-electron chi connectivity index (χ1n) is 3.35. The van der Waals surface area contributed by atoms with Gasteiger partial charge in [0.1, 0.15) is 6.61 Å². The molecule has 6 heteroatoms. The lowest BCUT2D eigenvalue weighted by molar-refractivity contribution is -0.117. The van der Waals surface area contributed by atoms with Crippen LogP contribution in [0.4, 0.5) is 8.78 Å². The highest BCUT2D eigenvalue weighted by Gasteiger charge is 2.29. The second-order valence-electron chi connectivity index (χ2n) is 3.26. The summed E-state index contributed by atoms with van der Waals surface area (Å²) in [5.74, 6) is 0. The van der Waals surface area contributed by atoms with Gasteiger partial charge in [-0.25, -0.2) is 0 Å². The Balaban J connectivity index is 4.00. The fourth-order valence-electron chi connectivity index (χ4n) is 0.398. The summed E-state index contributed by atoms with van der Waals surface area (Å²) in [6, 6.07) is -3.46. The van der Waals surface area contributed by atoms with Gasteiger partial charge in [0, 0.05) is 4.91 Å². The third-order valence-electron chi connectivity index (χ3n) is 0.870. The Morgan fingerprint density at radius 1 is 1.42 bits per heavy atom. The van der Waals surface area contributed by atoms with Gasteiger partial charge < -0.3 is 4.74 Å². The first-order chi connectivity index (χ1) is 5.27. The molecule has 70 valence electrons. The zero-order valence-corrected chi connectivity index (χ0v) is 7.21. The van der Waals surface area contributed by atoms with Crippen molar-refractivity contribution in [1.29, 1.82) is 0 Å². The molecular formula is C6H11F2N3O. The highest BCUT2D eigenvalue weighted by atomic mass is 19.3. The highest BCUT2D eigenvalue weighted by molar-refractivity contribution is 4.66. The lowest BCUT2D eigenvalue weighted by Gasteiger charge is -2.21. The first kappa shape index (κ1) is 11.1. The van der Waals surface area contributed by atoms with Crippen molar-refractivity contribution >= 4 is 0 Å². The third-order valence-corrected chi connectivity index (χ3v) is 0.870. The Morgan fingerprint density at radius 2 is 1.92 bits per heavy atom. The molecule has 0 rings (SSSR count). The van der Waals surface area contributed by atoms with Crippen LogP contribution in [0.3, 0.4) is 0 Å². The van der Waals surface area contributed by atoms with Crippen molar-refractivity contribution in [2.45, 2.75) is 32.4 Å². The van der Waals surface area contributed by atoms with E-state index in [0.29, 0.717) is 0 Å². The highest BCUT2D eigenvalue weighted by Crippen LogP contribution is 2.19. The van der Waals surface area contributed by atoms with Crippen molar-refractivity contribution in [1.82, 2.24) is 0 Å². The van der Waals surface area contributed by atoms with Crippen LogP contribution in [0.15, 0.2) is 5.11 Å².